The maximum absolute atomic E-state index is 13.4. The van der Waals surface area contributed by atoms with Gasteiger partial charge in [0, 0.05) is 17.8 Å². The quantitative estimate of drug-likeness (QED) is 0.895. The highest BCUT2D eigenvalue weighted by Gasteiger charge is 2.34. The number of nitrogens with zero attached hydrogens (tertiary/aromatic N) is 1. The molecule has 2 N–H and O–H groups in total. The first-order chi connectivity index (χ1) is 10.3. The fourth-order valence-electron chi connectivity index (χ4n) is 3.81. The second-order valence-corrected chi connectivity index (χ2v) is 6.21. The van der Waals surface area contributed by atoms with Crippen molar-refractivity contribution >= 4 is 5.69 Å². The zero-order valence-corrected chi connectivity index (χ0v) is 12.2. The van der Waals surface area contributed by atoms with Crippen molar-refractivity contribution in [3.05, 3.63) is 29.6 Å². The molecule has 3 unspecified atom stereocenters. The van der Waals surface area contributed by atoms with Crippen LogP contribution in [0, 0.1) is 23.1 Å². The van der Waals surface area contributed by atoms with Crippen molar-refractivity contribution in [2.75, 3.05) is 11.9 Å². The molecule has 1 aromatic carbocycles. The topological polar surface area (TPSA) is 47.9 Å². The van der Waals surface area contributed by atoms with Crippen LogP contribution in [0.1, 0.15) is 44.1 Å². The van der Waals surface area contributed by atoms with E-state index in [-0.39, 0.29) is 5.56 Å². The third-order valence-electron chi connectivity index (χ3n) is 4.87. The first-order valence-electron chi connectivity index (χ1n) is 7.97. The molecule has 1 saturated carbocycles. The number of hydrogen-bond acceptors (Lipinski definition) is 3. The Morgan fingerprint density at radius 2 is 2.10 bits per heavy atom. The highest BCUT2D eigenvalue weighted by atomic mass is 19.1. The van der Waals surface area contributed by atoms with E-state index in [4.69, 9.17) is 5.26 Å². The number of halogens is 1. The molecule has 3 atom stereocenters. The monoisotopic (exact) mass is 287 g/mol. The summed E-state index contributed by atoms with van der Waals surface area (Å²) in [6, 6.07) is 7.68. The van der Waals surface area contributed by atoms with Crippen LogP contribution in [0.15, 0.2) is 18.2 Å². The lowest BCUT2D eigenvalue weighted by molar-refractivity contribution is 0.286. The fraction of sp³-hybridized carbons (Fsp3) is 0.588. The number of benzene rings is 1. The molecule has 2 fully saturated rings. The van der Waals surface area contributed by atoms with Crippen molar-refractivity contribution < 1.29 is 4.39 Å². The van der Waals surface area contributed by atoms with Gasteiger partial charge in [0.1, 0.15) is 11.9 Å². The Balaban J connectivity index is 1.70. The van der Waals surface area contributed by atoms with Crippen molar-refractivity contribution in [1.29, 1.82) is 5.26 Å². The molecular formula is C17H22FN3. The summed E-state index contributed by atoms with van der Waals surface area (Å²) in [5.41, 5.74) is 0.978. The van der Waals surface area contributed by atoms with Crippen LogP contribution >= 0.6 is 0 Å². The lowest BCUT2D eigenvalue weighted by Crippen LogP contribution is -2.44. The van der Waals surface area contributed by atoms with Crippen molar-refractivity contribution in [2.24, 2.45) is 5.92 Å². The molecule has 1 aromatic rings. The second kappa shape index (κ2) is 6.44. The smallest absolute Gasteiger partial charge is 0.141 e. The zero-order chi connectivity index (χ0) is 14.7. The van der Waals surface area contributed by atoms with Gasteiger partial charge in [0.05, 0.1) is 5.56 Å². The predicted octanol–water partition coefficient (Wildman–Crippen LogP) is 3.42. The molecule has 1 aliphatic heterocycles. The minimum absolute atomic E-state index is 0.116. The number of nitriles is 1. The van der Waals surface area contributed by atoms with Crippen LogP contribution in [-0.2, 0) is 0 Å². The predicted molar refractivity (Wildman–Crippen MR) is 81.5 cm³/mol. The summed E-state index contributed by atoms with van der Waals surface area (Å²) in [5.74, 6) is 0.195. The van der Waals surface area contributed by atoms with Crippen molar-refractivity contribution in [2.45, 2.75) is 50.6 Å². The van der Waals surface area contributed by atoms with E-state index in [2.05, 4.69) is 10.6 Å². The Morgan fingerprint density at radius 3 is 2.86 bits per heavy atom. The summed E-state index contributed by atoms with van der Waals surface area (Å²) >= 11 is 0. The molecule has 1 saturated heterocycles. The summed E-state index contributed by atoms with van der Waals surface area (Å²) < 4.78 is 13.4. The van der Waals surface area contributed by atoms with Gasteiger partial charge in [-0.15, -0.1) is 0 Å². The van der Waals surface area contributed by atoms with E-state index in [9.17, 15) is 4.39 Å². The Labute approximate surface area is 125 Å². The summed E-state index contributed by atoms with van der Waals surface area (Å²) in [7, 11) is 0. The SMILES string of the molecule is N#Cc1cc(NC2CCCC2C2CCCCN2)ccc1F. The fourth-order valence-corrected chi connectivity index (χ4v) is 3.81. The number of nitrogens with one attached hydrogen (secondary N) is 2. The van der Waals surface area contributed by atoms with Gasteiger partial charge in [0.25, 0.3) is 0 Å². The first kappa shape index (κ1) is 14.3. The molecule has 3 nitrogen and oxygen atoms in total. The third-order valence-corrected chi connectivity index (χ3v) is 4.87. The normalized spacial score (nSPS) is 29.0. The highest BCUT2D eigenvalue weighted by molar-refractivity contribution is 5.50. The second-order valence-electron chi connectivity index (χ2n) is 6.21. The zero-order valence-electron chi connectivity index (χ0n) is 12.2. The lowest BCUT2D eigenvalue weighted by Gasteiger charge is -2.33. The first-order valence-corrected chi connectivity index (χ1v) is 7.97. The van der Waals surface area contributed by atoms with Crippen molar-refractivity contribution in [3.63, 3.8) is 0 Å². The van der Waals surface area contributed by atoms with Crippen molar-refractivity contribution in [3.8, 4) is 6.07 Å². The summed E-state index contributed by atoms with van der Waals surface area (Å²) in [4.78, 5) is 0. The molecule has 3 rings (SSSR count). The molecule has 0 bridgehead atoms. The van der Waals surface area contributed by atoms with Crippen LogP contribution in [0.5, 0.6) is 0 Å². The Kier molecular flexibility index (Phi) is 4.40. The molecule has 1 aliphatic carbocycles. The van der Waals surface area contributed by atoms with E-state index in [0.717, 1.165) is 18.7 Å². The van der Waals surface area contributed by atoms with E-state index in [1.54, 1.807) is 12.1 Å². The molecule has 0 spiro atoms. The third kappa shape index (κ3) is 3.19. The van der Waals surface area contributed by atoms with Gasteiger partial charge in [0.2, 0.25) is 0 Å². The van der Waals surface area contributed by atoms with Gasteiger partial charge in [0.15, 0.2) is 0 Å². The van der Waals surface area contributed by atoms with Crippen LogP contribution in [0.25, 0.3) is 0 Å². The van der Waals surface area contributed by atoms with Crippen LogP contribution in [0.4, 0.5) is 10.1 Å². The summed E-state index contributed by atoms with van der Waals surface area (Å²) in [6.45, 7) is 1.13. The number of anilines is 1. The minimum Gasteiger partial charge on any atom is -0.382 e. The van der Waals surface area contributed by atoms with E-state index in [1.165, 1.54) is 38.2 Å². The largest absolute Gasteiger partial charge is 0.382 e. The van der Waals surface area contributed by atoms with Crippen LogP contribution in [0.3, 0.4) is 0 Å². The molecule has 21 heavy (non-hydrogen) atoms. The van der Waals surface area contributed by atoms with Crippen LogP contribution in [0.2, 0.25) is 0 Å². The van der Waals surface area contributed by atoms with E-state index in [1.807, 2.05) is 6.07 Å². The number of rotatable bonds is 3. The van der Waals surface area contributed by atoms with Gasteiger partial charge in [-0.3, -0.25) is 0 Å². The molecular weight excluding hydrogens is 265 g/mol. The molecule has 0 aromatic heterocycles. The lowest BCUT2D eigenvalue weighted by atomic mass is 9.88. The Bertz CT molecular complexity index is 531. The Morgan fingerprint density at radius 1 is 1.19 bits per heavy atom. The maximum Gasteiger partial charge on any atom is 0.141 e. The van der Waals surface area contributed by atoms with Gasteiger partial charge in [-0.2, -0.15) is 5.26 Å². The molecule has 0 radical (unpaired) electrons. The van der Waals surface area contributed by atoms with Gasteiger partial charge >= 0.3 is 0 Å². The van der Waals surface area contributed by atoms with E-state index < -0.39 is 5.82 Å². The highest BCUT2D eigenvalue weighted by Crippen LogP contribution is 2.34. The van der Waals surface area contributed by atoms with Gasteiger partial charge < -0.3 is 10.6 Å². The van der Waals surface area contributed by atoms with Crippen LogP contribution < -0.4 is 10.6 Å². The van der Waals surface area contributed by atoms with Gasteiger partial charge in [-0.1, -0.05) is 12.8 Å². The maximum atomic E-state index is 13.4. The van der Waals surface area contributed by atoms with Gasteiger partial charge in [-0.25, -0.2) is 4.39 Å². The molecule has 112 valence electrons. The average molecular weight is 287 g/mol. The van der Waals surface area contributed by atoms with Gasteiger partial charge in [-0.05, 0) is 56.3 Å². The van der Waals surface area contributed by atoms with E-state index in [0.29, 0.717) is 18.0 Å². The molecule has 4 heteroatoms. The Hall–Kier alpha value is -1.60. The number of hydrogen-bond donors (Lipinski definition) is 2. The molecule has 0 amide bonds. The summed E-state index contributed by atoms with van der Waals surface area (Å²) in [6.07, 6.45) is 7.51. The minimum atomic E-state index is -0.444. The van der Waals surface area contributed by atoms with Crippen molar-refractivity contribution in [1.82, 2.24) is 5.32 Å². The van der Waals surface area contributed by atoms with E-state index >= 15 is 0 Å². The molecule has 1 heterocycles. The average Bonchev–Trinajstić information content (AvgIpc) is 2.98. The molecule has 2 aliphatic rings. The standard InChI is InChI=1S/C17H22FN3/c18-15-8-7-13(10-12(15)11-19)21-17-6-3-4-14(17)16-5-1-2-9-20-16/h7-8,10,14,16-17,20-21H,1-6,9H2. The van der Waals surface area contributed by atoms with Crippen LogP contribution in [-0.4, -0.2) is 18.6 Å². The summed E-state index contributed by atoms with van der Waals surface area (Å²) in [5, 5.41) is 16.1. The number of piperidine rings is 1.